The molecule has 0 aliphatic heterocycles. The SMILES string of the molecule is CCOc1ccccc1CCC(=O)N(C(C)C)C1CCCC1. The lowest BCUT2D eigenvalue weighted by atomic mass is 10.1. The van der Waals surface area contributed by atoms with Crippen LogP contribution in [0.5, 0.6) is 5.75 Å². The van der Waals surface area contributed by atoms with Crippen molar-refractivity contribution >= 4 is 5.91 Å². The molecule has 0 spiro atoms. The number of benzene rings is 1. The molecule has 0 unspecified atom stereocenters. The second kappa shape index (κ2) is 8.21. The third kappa shape index (κ3) is 4.25. The Balaban J connectivity index is 1.98. The highest BCUT2D eigenvalue weighted by Crippen LogP contribution is 2.26. The van der Waals surface area contributed by atoms with Gasteiger partial charge in [-0.25, -0.2) is 0 Å². The Morgan fingerprint density at radius 1 is 1.27 bits per heavy atom. The summed E-state index contributed by atoms with van der Waals surface area (Å²) in [5.41, 5.74) is 1.13. The van der Waals surface area contributed by atoms with Crippen LogP contribution in [0.25, 0.3) is 0 Å². The van der Waals surface area contributed by atoms with Crippen molar-refractivity contribution in [3.05, 3.63) is 29.8 Å². The van der Waals surface area contributed by atoms with E-state index in [9.17, 15) is 4.79 Å². The summed E-state index contributed by atoms with van der Waals surface area (Å²) in [5.74, 6) is 1.20. The molecule has 3 heteroatoms. The minimum absolute atomic E-state index is 0.285. The molecule has 0 N–H and O–H groups in total. The van der Waals surface area contributed by atoms with Crippen molar-refractivity contribution in [2.75, 3.05) is 6.61 Å². The highest BCUT2D eigenvalue weighted by molar-refractivity contribution is 5.77. The maximum atomic E-state index is 12.7. The molecular weight excluding hydrogens is 274 g/mol. The van der Waals surface area contributed by atoms with Crippen LogP contribution >= 0.6 is 0 Å². The van der Waals surface area contributed by atoms with Crippen molar-refractivity contribution < 1.29 is 9.53 Å². The van der Waals surface area contributed by atoms with Crippen molar-refractivity contribution in [3.8, 4) is 5.75 Å². The van der Waals surface area contributed by atoms with E-state index in [1.54, 1.807) is 0 Å². The van der Waals surface area contributed by atoms with Gasteiger partial charge in [0.05, 0.1) is 6.61 Å². The second-order valence-electron chi connectivity index (χ2n) is 6.37. The number of rotatable bonds is 7. The molecule has 1 aliphatic rings. The number of carbonyl (C=O) groups is 1. The van der Waals surface area contributed by atoms with Gasteiger partial charge in [-0.2, -0.15) is 0 Å². The largest absolute Gasteiger partial charge is 0.494 e. The van der Waals surface area contributed by atoms with Crippen molar-refractivity contribution in [2.45, 2.75) is 71.4 Å². The Morgan fingerprint density at radius 3 is 2.59 bits per heavy atom. The maximum Gasteiger partial charge on any atom is 0.223 e. The van der Waals surface area contributed by atoms with Crippen molar-refractivity contribution in [2.24, 2.45) is 0 Å². The van der Waals surface area contributed by atoms with Gasteiger partial charge in [0.25, 0.3) is 0 Å². The minimum atomic E-state index is 0.285. The summed E-state index contributed by atoms with van der Waals surface area (Å²) in [6, 6.07) is 8.79. The Bertz CT molecular complexity index is 478. The first-order valence-corrected chi connectivity index (χ1v) is 8.65. The summed E-state index contributed by atoms with van der Waals surface area (Å²) in [6.07, 6.45) is 6.17. The Morgan fingerprint density at radius 2 is 1.95 bits per heavy atom. The molecule has 0 radical (unpaired) electrons. The summed E-state index contributed by atoms with van der Waals surface area (Å²) in [6.45, 7) is 6.91. The van der Waals surface area contributed by atoms with Crippen LogP contribution in [-0.4, -0.2) is 29.5 Å². The molecule has 1 fully saturated rings. The van der Waals surface area contributed by atoms with Gasteiger partial charge in [-0.1, -0.05) is 31.0 Å². The fourth-order valence-electron chi connectivity index (χ4n) is 3.47. The van der Waals surface area contributed by atoms with Gasteiger partial charge in [0, 0.05) is 18.5 Å². The predicted octanol–water partition coefficient (Wildman–Crippen LogP) is 4.20. The number of aryl methyl sites for hydroxylation is 1. The van der Waals surface area contributed by atoms with Gasteiger partial charge in [-0.3, -0.25) is 4.79 Å². The molecule has 1 aromatic carbocycles. The first kappa shape index (κ1) is 16.9. The molecule has 1 aliphatic carbocycles. The van der Waals surface area contributed by atoms with Crippen LogP contribution in [0.15, 0.2) is 24.3 Å². The molecule has 0 saturated heterocycles. The molecular formula is C19H29NO2. The quantitative estimate of drug-likeness (QED) is 0.755. The van der Waals surface area contributed by atoms with Crippen LogP contribution in [-0.2, 0) is 11.2 Å². The average Bonchev–Trinajstić information content (AvgIpc) is 3.00. The minimum Gasteiger partial charge on any atom is -0.494 e. The highest BCUT2D eigenvalue weighted by atomic mass is 16.5. The first-order chi connectivity index (χ1) is 10.6. The van der Waals surface area contributed by atoms with Gasteiger partial charge in [0.15, 0.2) is 0 Å². The fraction of sp³-hybridized carbons (Fsp3) is 0.632. The van der Waals surface area contributed by atoms with Gasteiger partial charge in [0.1, 0.15) is 5.75 Å². The monoisotopic (exact) mass is 303 g/mol. The van der Waals surface area contributed by atoms with Crippen LogP contribution in [0.3, 0.4) is 0 Å². The van der Waals surface area contributed by atoms with E-state index in [0.717, 1.165) is 17.7 Å². The molecule has 1 saturated carbocycles. The summed E-state index contributed by atoms with van der Waals surface area (Å²) < 4.78 is 5.65. The lowest BCUT2D eigenvalue weighted by molar-refractivity contribution is -0.135. The molecule has 1 aromatic rings. The molecule has 122 valence electrons. The van der Waals surface area contributed by atoms with E-state index in [-0.39, 0.29) is 11.9 Å². The van der Waals surface area contributed by atoms with Crippen molar-refractivity contribution in [1.29, 1.82) is 0 Å². The number of para-hydroxylation sites is 1. The van der Waals surface area contributed by atoms with Crippen LogP contribution < -0.4 is 4.74 Å². The predicted molar refractivity (Wildman–Crippen MR) is 90.2 cm³/mol. The lowest BCUT2D eigenvalue weighted by Crippen LogP contribution is -2.43. The molecule has 0 bridgehead atoms. The van der Waals surface area contributed by atoms with Crippen LogP contribution in [0, 0.1) is 0 Å². The smallest absolute Gasteiger partial charge is 0.223 e. The van der Waals surface area contributed by atoms with Crippen LogP contribution in [0.4, 0.5) is 0 Å². The Kier molecular flexibility index (Phi) is 6.29. The topological polar surface area (TPSA) is 29.5 Å². The van der Waals surface area contributed by atoms with E-state index >= 15 is 0 Å². The number of nitrogens with zero attached hydrogens (tertiary/aromatic N) is 1. The van der Waals surface area contributed by atoms with E-state index in [2.05, 4.69) is 24.8 Å². The molecule has 0 heterocycles. The van der Waals surface area contributed by atoms with E-state index in [4.69, 9.17) is 4.74 Å². The molecule has 0 aromatic heterocycles. The molecule has 0 atom stereocenters. The zero-order valence-electron chi connectivity index (χ0n) is 14.2. The first-order valence-electron chi connectivity index (χ1n) is 8.65. The van der Waals surface area contributed by atoms with E-state index < -0.39 is 0 Å². The second-order valence-corrected chi connectivity index (χ2v) is 6.37. The number of hydrogen-bond donors (Lipinski definition) is 0. The Hall–Kier alpha value is -1.51. The summed E-state index contributed by atoms with van der Waals surface area (Å²) in [7, 11) is 0. The number of ether oxygens (including phenoxy) is 1. The van der Waals surface area contributed by atoms with Gasteiger partial charge in [-0.05, 0) is 51.7 Å². The molecule has 22 heavy (non-hydrogen) atoms. The summed E-state index contributed by atoms with van der Waals surface area (Å²) in [4.78, 5) is 14.8. The molecule has 1 amide bonds. The lowest BCUT2D eigenvalue weighted by Gasteiger charge is -2.33. The zero-order valence-corrected chi connectivity index (χ0v) is 14.2. The van der Waals surface area contributed by atoms with Crippen molar-refractivity contribution in [3.63, 3.8) is 0 Å². The van der Waals surface area contributed by atoms with Gasteiger partial charge in [0.2, 0.25) is 5.91 Å². The maximum absolute atomic E-state index is 12.7. The van der Waals surface area contributed by atoms with E-state index in [1.807, 2.05) is 25.1 Å². The highest BCUT2D eigenvalue weighted by Gasteiger charge is 2.28. The van der Waals surface area contributed by atoms with Gasteiger partial charge < -0.3 is 9.64 Å². The number of carbonyl (C=O) groups excluding carboxylic acids is 1. The summed E-state index contributed by atoms with van der Waals surface area (Å²) >= 11 is 0. The van der Waals surface area contributed by atoms with E-state index in [0.29, 0.717) is 19.1 Å². The normalized spacial score (nSPS) is 15.3. The standard InChI is InChI=1S/C19H29NO2/c1-4-22-18-12-8-5-9-16(18)13-14-19(21)20(15(2)3)17-10-6-7-11-17/h5,8-9,12,15,17H,4,6-7,10-11,13-14H2,1-3H3. The van der Waals surface area contributed by atoms with Crippen molar-refractivity contribution in [1.82, 2.24) is 4.90 Å². The van der Waals surface area contributed by atoms with Gasteiger partial charge in [-0.15, -0.1) is 0 Å². The summed E-state index contributed by atoms with van der Waals surface area (Å²) in [5, 5.41) is 0. The van der Waals surface area contributed by atoms with Gasteiger partial charge >= 0.3 is 0 Å². The van der Waals surface area contributed by atoms with Crippen LogP contribution in [0.2, 0.25) is 0 Å². The van der Waals surface area contributed by atoms with E-state index in [1.165, 1.54) is 25.7 Å². The fourth-order valence-corrected chi connectivity index (χ4v) is 3.47. The Labute approximate surface area is 134 Å². The molecule has 2 rings (SSSR count). The van der Waals surface area contributed by atoms with Crippen LogP contribution in [0.1, 0.15) is 58.4 Å². The number of hydrogen-bond acceptors (Lipinski definition) is 2. The zero-order chi connectivity index (χ0) is 15.9. The third-order valence-corrected chi connectivity index (χ3v) is 4.44. The third-order valence-electron chi connectivity index (χ3n) is 4.44. The molecule has 3 nitrogen and oxygen atoms in total. The number of amides is 1. The average molecular weight is 303 g/mol.